The molecule has 0 N–H and O–H groups in total. The summed E-state index contributed by atoms with van der Waals surface area (Å²) in [7, 11) is -6.91. The molecule has 112 valence electrons. The Labute approximate surface area is 114 Å². The summed E-state index contributed by atoms with van der Waals surface area (Å²) in [6.45, 7) is 0.273. The highest BCUT2D eigenvalue weighted by Gasteiger charge is 2.48. The van der Waals surface area contributed by atoms with Crippen LogP contribution in [0.5, 0.6) is 0 Å². The van der Waals surface area contributed by atoms with Gasteiger partial charge in [0.15, 0.2) is 0 Å². The Morgan fingerprint density at radius 1 is 0.842 bits per heavy atom. The number of hydrogen-bond donors (Lipinski definition) is 0. The molecule has 0 amide bonds. The van der Waals surface area contributed by atoms with E-state index in [1.165, 1.54) is 0 Å². The number of fused-ring (bicyclic) bond motifs is 2. The Bertz CT molecular complexity index is 475. The van der Waals surface area contributed by atoms with Gasteiger partial charge in [-0.2, -0.15) is 16.8 Å². The Morgan fingerprint density at radius 3 is 1.53 bits per heavy atom. The van der Waals surface area contributed by atoms with Crippen LogP contribution in [0.4, 0.5) is 0 Å². The standard InChI is InChI=1S/C11H20O6S2/c1-18(12,13)16-6-10-8-3-4-9(5-8)11(10)7-17-19(2,14)15/h8-11H,3-7H2,1-2H3. The maximum Gasteiger partial charge on any atom is 0.264 e. The van der Waals surface area contributed by atoms with Crippen LogP contribution >= 0.6 is 0 Å². The molecule has 4 unspecified atom stereocenters. The molecule has 2 saturated carbocycles. The molecule has 2 fully saturated rings. The van der Waals surface area contributed by atoms with Gasteiger partial charge < -0.3 is 0 Å². The molecule has 4 atom stereocenters. The van der Waals surface area contributed by atoms with E-state index in [9.17, 15) is 16.8 Å². The Morgan fingerprint density at radius 2 is 1.21 bits per heavy atom. The molecule has 2 bridgehead atoms. The van der Waals surface area contributed by atoms with Crippen LogP contribution in [0.2, 0.25) is 0 Å². The van der Waals surface area contributed by atoms with Crippen LogP contribution < -0.4 is 0 Å². The van der Waals surface area contributed by atoms with Crippen molar-refractivity contribution in [3.8, 4) is 0 Å². The first kappa shape index (κ1) is 15.2. The Kier molecular flexibility index (Phi) is 4.25. The second kappa shape index (κ2) is 5.31. The van der Waals surface area contributed by atoms with Crippen molar-refractivity contribution in [2.75, 3.05) is 25.7 Å². The molecule has 0 spiro atoms. The maximum atomic E-state index is 11.1. The monoisotopic (exact) mass is 312 g/mol. The third kappa shape index (κ3) is 4.14. The molecule has 0 radical (unpaired) electrons. The summed E-state index contributed by atoms with van der Waals surface area (Å²) in [5, 5.41) is 0. The van der Waals surface area contributed by atoms with Gasteiger partial charge in [0.1, 0.15) is 0 Å². The molecule has 0 saturated heterocycles. The molecule has 8 heteroatoms. The van der Waals surface area contributed by atoms with E-state index in [0.717, 1.165) is 31.8 Å². The first-order valence-electron chi connectivity index (χ1n) is 6.34. The Hall–Kier alpha value is -0.180. The minimum atomic E-state index is -3.45. The van der Waals surface area contributed by atoms with Crippen molar-refractivity contribution < 1.29 is 25.2 Å². The van der Waals surface area contributed by atoms with Crippen molar-refractivity contribution in [3.63, 3.8) is 0 Å². The average Bonchev–Trinajstić information content (AvgIpc) is 2.81. The van der Waals surface area contributed by atoms with E-state index in [-0.39, 0.29) is 25.0 Å². The molecule has 0 aromatic heterocycles. The zero-order valence-electron chi connectivity index (χ0n) is 11.1. The summed E-state index contributed by atoms with van der Waals surface area (Å²) in [6.07, 6.45) is 5.22. The average molecular weight is 312 g/mol. The van der Waals surface area contributed by atoms with Gasteiger partial charge in [-0.15, -0.1) is 0 Å². The van der Waals surface area contributed by atoms with E-state index in [0.29, 0.717) is 11.8 Å². The topological polar surface area (TPSA) is 86.7 Å². The lowest BCUT2D eigenvalue weighted by Crippen LogP contribution is -2.31. The van der Waals surface area contributed by atoms with Gasteiger partial charge in [0.05, 0.1) is 25.7 Å². The minimum absolute atomic E-state index is 0.0789. The van der Waals surface area contributed by atoms with Crippen molar-refractivity contribution in [2.45, 2.75) is 19.3 Å². The summed E-state index contributed by atoms with van der Waals surface area (Å²) in [4.78, 5) is 0. The van der Waals surface area contributed by atoms with Gasteiger partial charge in [-0.25, -0.2) is 0 Å². The predicted molar refractivity (Wildman–Crippen MR) is 69.4 cm³/mol. The van der Waals surface area contributed by atoms with Gasteiger partial charge in [0, 0.05) is 0 Å². The van der Waals surface area contributed by atoms with E-state index in [1.54, 1.807) is 0 Å². The van der Waals surface area contributed by atoms with Gasteiger partial charge in [0.2, 0.25) is 0 Å². The molecule has 0 aromatic rings. The lowest BCUT2D eigenvalue weighted by atomic mass is 9.80. The van der Waals surface area contributed by atoms with Crippen LogP contribution in [0.1, 0.15) is 19.3 Å². The molecule has 2 aliphatic rings. The first-order chi connectivity index (χ1) is 8.66. The van der Waals surface area contributed by atoms with Crippen LogP contribution in [0, 0.1) is 23.7 Å². The third-order valence-corrected chi connectivity index (χ3v) is 5.35. The summed E-state index contributed by atoms with van der Waals surface area (Å²) in [5.74, 6) is 1.02. The second-order valence-electron chi connectivity index (χ2n) is 5.64. The fraction of sp³-hybridized carbons (Fsp3) is 1.00. The summed E-state index contributed by atoms with van der Waals surface area (Å²) < 4.78 is 54.1. The van der Waals surface area contributed by atoms with Crippen molar-refractivity contribution in [3.05, 3.63) is 0 Å². The highest BCUT2D eigenvalue weighted by Crippen LogP contribution is 2.52. The van der Waals surface area contributed by atoms with Crippen molar-refractivity contribution in [2.24, 2.45) is 23.7 Å². The Balaban J connectivity index is 1.99. The van der Waals surface area contributed by atoms with E-state index in [4.69, 9.17) is 8.37 Å². The molecule has 2 rings (SSSR count). The molecule has 0 heterocycles. The van der Waals surface area contributed by atoms with E-state index in [2.05, 4.69) is 0 Å². The molecule has 6 nitrogen and oxygen atoms in total. The molecular formula is C11H20O6S2. The van der Waals surface area contributed by atoms with Gasteiger partial charge in [-0.1, -0.05) is 0 Å². The summed E-state index contributed by atoms with van der Waals surface area (Å²) in [6, 6.07) is 0. The van der Waals surface area contributed by atoms with Crippen LogP contribution in [0.25, 0.3) is 0 Å². The van der Waals surface area contributed by atoms with Gasteiger partial charge >= 0.3 is 0 Å². The lowest BCUT2D eigenvalue weighted by Gasteiger charge is -2.29. The quantitative estimate of drug-likeness (QED) is 0.668. The smallest absolute Gasteiger partial charge is 0.264 e. The van der Waals surface area contributed by atoms with Crippen molar-refractivity contribution in [1.29, 1.82) is 0 Å². The third-order valence-electron chi connectivity index (χ3n) is 4.22. The molecule has 2 aliphatic carbocycles. The normalized spacial score (nSPS) is 34.8. The highest BCUT2D eigenvalue weighted by atomic mass is 32.2. The van der Waals surface area contributed by atoms with Gasteiger partial charge in [-0.05, 0) is 42.9 Å². The summed E-state index contributed by atoms with van der Waals surface area (Å²) >= 11 is 0. The number of hydrogen-bond acceptors (Lipinski definition) is 6. The first-order valence-corrected chi connectivity index (χ1v) is 9.98. The second-order valence-corrected chi connectivity index (χ2v) is 8.93. The highest BCUT2D eigenvalue weighted by molar-refractivity contribution is 7.86. The van der Waals surface area contributed by atoms with E-state index < -0.39 is 20.2 Å². The van der Waals surface area contributed by atoms with Gasteiger partial charge in [0.25, 0.3) is 20.2 Å². The summed E-state index contributed by atoms with van der Waals surface area (Å²) in [5.41, 5.74) is 0. The predicted octanol–water partition coefficient (Wildman–Crippen LogP) is 0.601. The maximum absolute atomic E-state index is 11.1. The van der Waals surface area contributed by atoms with Crippen LogP contribution in [0.3, 0.4) is 0 Å². The zero-order valence-corrected chi connectivity index (χ0v) is 12.7. The zero-order chi connectivity index (χ0) is 14.3. The fourth-order valence-corrected chi connectivity index (χ4v) is 4.26. The molecule has 0 aromatic carbocycles. The van der Waals surface area contributed by atoms with Crippen molar-refractivity contribution in [1.82, 2.24) is 0 Å². The largest absolute Gasteiger partial charge is 0.270 e. The van der Waals surface area contributed by atoms with Crippen LogP contribution in [0.15, 0.2) is 0 Å². The molecule has 19 heavy (non-hydrogen) atoms. The van der Waals surface area contributed by atoms with Crippen LogP contribution in [-0.2, 0) is 28.6 Å². The van der Waals surface area contributed by atoms with Crippen LogP contribution in [-0.4, -0.2) is 42.6 Å². The van der Waals surface area contributed by atoms with Gasteiger partial charge in [-0.3, -0.25) is 8.37 Å². The molecule has 0 aliphatic heterocycles. The lowest BCUT2D eigenvalue weighted by molar-refractivity contribution is 0.102. The number of rotatable bonds is 6. The van der Waals surface area contributed by atoms with E-state index >= 15 is 0 Å². The SMILES string of the molecule is CS(=O)(=O)OCC1C2CCC(C2)C1COS(C)(=O)=O. The minimum Gasteiger partial charge on any atom is -0.270 e. The fourth-order valence-electron chi connectivity index (χ4n) is 3.45. The molecular weight excluding hydrogens is 292 g/mol. The van der Waals surface area contributed by atoms with E-state index in [1.807, 2.05) is 0 Å². The van der Waals surface area contributed by atoms with Crippen molar-refractivity contribution >= 4 is 20.2 Å².